The van der Waals surface area contributed by atoms with Gasteiger partial charge in [-0.05, 0) is 69.0 Å². The summed E-state index contributed by atoms with van der Waals surface area (Å²) in [4.78, 5) is 14.9. The average Bonchev–Trinajstić information content (AvgIpc) is 2.68. The summed E-state index contributed by atoms with van der Waals surface area (Å²) in [5, 5.41) is 3.00. The molecule has 1 atom stereocenters. The summed E-state index contributed by atoms with van der Waals surface area (Å²) >= 11 is 0. The fraction of sp³-hybridized carbons (Fsp3) is 0.435. The van der Waals surface area contributed by atoms with E-state index < -0.39 is 6.10 Å². The Bertz CT molecular complexity index is 737. The lowest BCUT2D eigenvalue weighted by Gasteiger charge is -2.21. The SMILES string of the molecule is CC[C@H](Oc1cc(C)ccc1C)C(=O)NCc1ccc(N(CC)CC)cc1. The average molecular weight is 369 g/mol. The molecule has 0 aliphatic rings. The number of amides is 1. The fourth-order valence-electron chi connectivity index (χ4n) is 3.03. The molecule has 0 aliphatic carbocycles. The van der Waals surface area contributed by atoms with Crippen LogP contribution in [0.15, 0.2) is 42.5 Å². The molecule has 1 N–H and O–H groups in total. The summed E-state index contributed by atoms with van der Waals surface area (Å²) < 4.78 is 5.99. The second-order valence-corrected chi connectivity index (χ2v) is 6.84. The van der Waals surface area contributed by atoms with Crippen molar-refractivity contribution in [1.82, 2.24) is 5.32 Å². The van der Waals surface area contributed by atoms with Crippen molar-refractivity contribution in [2.75, 3.05) is 18.0 Å². The highest BCUT2D eigenvalue weighted by molar-refractivity contribution is 5.81. The van der Waals surface area contributed by atoms with Gasteiger partial charge in [0, 0.05) is 25.3 Å². The number of anilines is 1. The lowest BCUT2D eigenvalue weighted by molar-refractivity contribution is -0.128. The highest BCUT2D eigenvalue weighted by Crippen LogP contribution is 2.21. The van der Waals surface area contributed by atoms with Crippen LogP contribution in [0.1, 0.15) is 43.9 Å². The number of nitrogens with zero attached hydrogens (tertiary/aromatic N) is 1. The molecule has 2 aromatic carbocycles. The van der Waals surface area contributed by atoms with Crippen LogP contribution in [0.5, 0.6) is 5.75 Å². The van der Waals surface area contributed by atoms with Gasteiger partial charge < -0.3 is 15.0 Å². The van der Waals surface area contributed by atoms with Crippen molar-refractivity contribution in [3.05, 3.63) is 59.2 Å². The van der Waals surface area contributed by atoms with Crippen LogP contribution in [0.25, 0.3) is 0 Å². The van der Waals surface area contributed by atoms with E-state index in [-0.39, 0.29) is 5.91 Å². The molecule has 0 bridgehead atoms. The van der Waals surface area contributed by atoms with E-state index in [0.29, 0.717) is 13.0 Å². The topological polar surface area (TPSA) is 41.6 Å². The minimum absolute atomic E-state index is 0.0776. The Balaban J connectivity index is 1.95. The number of rotatable bonds is 9. The molecule has 0 aliphatic heterocycles. The van der Waals surface area contributed by atoms with Gasteiger partial charge in [-0.1, -0.05) is 31.2 Å². The first-order valence-corrected chi connectivity index (χ1v) is 9.83. The molecule has 27 heavy (non-hydrogen) atoms. The van der Waals surface area contributed by atoms with Gasteiger partial charge in [0.15, 0.2) is 6.10 Å². The Hall–Kier alpha value is -2.49. The molecule has 0 unspecified atom stereocenters. The summed E-state index contributed by atoms with van der Waals surface area (Å²) in [6.45, 7) is 12.8. The van der Waals surface area contributed by atoms with E-state index in [2.05, 4.69) is 48.3 Å². The van der Waals surface area contributed by atoms with Gasteiger partial charge in [0.2, 0.25) is 0 Å². The van der Waals surface area contributed by atoms with Crippen molar-refractivity contribution >= 4 is 11.6 Å². The molecule has 0 saturated heterocycles. The Morgan fingerprint density at radius 3 is 2.30 bits per heavy atom. The highest BCUT2D eigenvalue weighted by Gasteiger charge is 2.19. The van der Waals surface area contributed by atoms with Crippen LogP contribution in [0.3, 0.4) is 0 Å². The first kappa shape index (κ1) is 20.8. The van der Waals surface area contributed by atoms with Crippen LogP contribution >= 0.6 is 0 Å². The molecule has 0 spiro atoms. The number of carbonyl (C=O) groups excluding carboxylic acids is 1. The van der Waals surface area contributed by atoms with Gasteiger partial charge in [0.1, 0.15) is 5.75 Å². The summed E-state index contributed by atoms with van der Waals surface area (Å²) in [5.74, 6) is 0.701. The minimum Gasteiger partial charge on any atom is -0.480 e. The van der Waals surface area contributed by atoms with Crippen LogP contribution in [-0.4, -0.2) is 25.1 Å². The van der Waals surface area contributed by atoms with E-state index in [9.17, 15) is 4.79 Å². The predicted octanol–water partition coefficient (Wildman–Crippen LogP) is 4.62. The number of carbonyl (C=O) groups is 1. The van der Waals surface area contributed by atoms with Gasteiger partial charge in [-0.15, -0.1) is 0 Å². The lowest BCUT2D eigenvalue weighted by atomic mass is 10.1. The van der Waals surface area contributed by atoms with Gasteiger partial charge in [-0.3, -0.25) is 4.79 Å². The van der Waals surface area contributed by atoms with Gasteiger partial charge in [0.25, 0.3) is 5.91 Å². The van der Waals surface area contributed by atoms with Crippen molar-refractivity contribution in [3.63, 3.8) is 0 Å². The van der Waals surface area contributed by atoms with E-state index in [4.69, 9.17) is 4.74 Å². The zero-order valence-corrected chi connectivity index (χ0v) is 17.2. The summed E-state index contributed by atoms with van der Waals surface area (Å²) in [5.41, 5.74) is 4.46. The Morgan fingerprint density at radius 1 is 1.04 bits per heavy atom. The number of ether oxygens (including phenoxy) is 1. The van der Waals surface area contributed by atoms with Crippen molar-refractivity contribution in [2.45, 2.75) is 53.7 Å². The fourth-order valence-corrected chi connectivity index (χ4v) is 3.03. The van der Waals surface area contributed by atoms with Gasteiger partial charge in [-0.2, -0.15) is 0 Å². The third-order valence-corrected chi connectivity index (χ3v) is 4.81. The monoisotopic (exact) mass is 368 g/mol. The molecule has 0 heterocycles. The number of aryl methyl sites for hydroxylation is 2. The van der Waals surface area contributed by atoms with E-state index >= 15 is 0 Å². The normalized spacial score (nSPS) is 11.7. The Kier molecular flexibility index (Phi) is 7.71. The third kappa shape index (κ3) is 5.75. The van der Waals surface area contributed by atoms with Gasteiger partial charge >= 0.3 is 0 Å². The largest absolute Gasteiger partial charge is 0.480 e. The molecule has 4 heteroatoms. The number of benzene rings is 2. The molecule has 0 aromatic heterocycles. The first-order chi connectivity index (χ1) is 13.0. The number of hydrogen-bond donors (Lipinski definition) is 1. The van der Waals surface area contributed by atoms with Crippen LogP contribution in [0, 0.1) is 13.8 Å². The number of hydrogen-bond acceptors (Lipinski definition) is 3. The van der Waals surface area contributed by atoms with E-state index in [1.165, 1.54) is 5.69 Å². The van der Waals surface area contributed by atoms with Crippen LogP contribution in [0.4, 0.5) is 5.69 Å². The van der Waals surface area contributed by atoms with Gasteiger partial charge in [-0.25, -0.2) is 0 Å². The Labute approximate surface area is 163 Å². The minimum atomic E-state index is -0.486. The second-order valence-electron chi connectivity index (χ2n) is 6.84. The third-order valence-electron chi connectivity index (χ3n) is 4.81. The molecule has 2 rings (SSSR count). The maximum atomic E-state index is 12.6. The molecule has 0 fully saturated rings. The predicted molar refractivity (Wildman–Crippen MR) is 112 cm³/mol. The van der Waals surface area contributed by atoms with Crippen molar-refractivity contribution in [3.8, 4) is 5.75 Å². The van der Waals surface area contributed by atoms with Crippen LogP contribution in [-0.2, 0) is 11.3 Å². The molecule has 2 aromatic rings. The molecule has 146 valence electrons. The molecular formula is C23H32N2O2. The zero-order valence-electron chi connectivity index (χ0n) is 17.2. The van der Waals surface area contributed by atoms with Crippen LogP contribution < -0.4 is 15.0 Å². The smallest absolute Gasteiger partial charge is 0.261 e. The van der Waals surface area contributed by atoms with Crippen molar-refractivity contribution in [1.29, 1.82) is 0 Å². The highest BCUT2D eigenvalue weighted by atomic mass is 16.5. The van der Waals surface area contributed by atoms with Crippen molar-refractivity contribution in [2.24, 2.45) is 0 Å². The van der Waals surface area contributed by atoms with E-state index in [1.54, 1.807) is 0 Å². The second kappa shape index (κ2) is 10.0. The van der Waals surface area contributed by atoms with E-state index in [1.807, 2.05) is 39.0 Å². The summed E-state index contributed by atoms with van der Waals surface area (Å²) in [7, 11) is 0. The maximum absolute atomic E-state index is 12.6. The molecule has 0 radical (unpaired) electrons. The summed E-state index contributed by atoms with van der Waals surface area (Å²) in [6, 6.07) is 14.4. The van der Waals surface area contributed by atoms with Crippen molar-refractivity contribution < 1.29 is 9.53 Å². The molecular weight excluding hydrogens is 336 g/mol. The van der Waals surface area contributed by atoms with Crippen LogP contribution in [0.2, 0.25) is 0 Å². The maximum Gasteiger partial charge on any atom is 0.261 e. The quantitative estimate of drug-likeness (QED) is 0.702. The molecule has 4 nitrogen and oxygen atoms in total. The lowest BCUT2D eigenvalue weighted by Crippen LogP contribution is -2.37. The van der Waals surface area contributed by atoms with Gasteiger partial charge in [0.05, 0.1) is 0 Å². The molecule has 1 amide bonds. The van der Waals surface area contributed by atoms with E-state index in [0.717, 1.165) is 35.5 Å². The molecule has 0 saturated carbocycles. The zero-order chi connectivity index (χ0) is 19.8. The number of nitrogens with one attached hydrogen (secondary N) is 1. The standard InChI is InChI=1S/C23H32N2O2/c1-6-21(27-22-15-17(4)9-10-18(22)5)23(26)24-16-19-11-13-20(14-12-19)25(7-2)8-3/h9-15,21H,6-8,16H2,1-5H3,(H,24,26)/t21-/m0/s1. The summed E-state index contributed by atoms with van der Waals surface area (Å²) in [6.07, 6.45) is 0.139. The first-order valence-electron chi connectivity index (χ1n) is 9.83. The Morgan fingerprint density at radius 2 is 1.70 bits per heavy atom.